The van der Waals surface area contributed by atoms with Gasteiger partial charge in [0.05, 0.1) is 12.7 Å². The first-order valence-corrected chi connectivity index (χ1v) is 5.77. The van der Waals surface area contributed by atoms with E-state index in [1.807, 2.05) is 0 Å². The van der Waals surface area contributed by atoms with Crippen LogP contribution in [0.3, 0.4) is 0 Å². The molecular weight excluding hydrogens is 256 g/mol. The number of aromatic carboxylic acids is 1. The van der Waals surface area contributed by atoms with Crippen LogP contribution in [0.15, 0.2) is 18.2 Å². The van der Waals surface area contributed by atoms with Gasteiger partial charge in [0, 0.05) is 11.5 Å². The minimum atomic E-state index is -1.03. The zero-order valence-electron chi connectivity index (χ0n) is 9.71. The molecule has 6 nitrogen and oxygen atoms in total. The van der Waals surface area contributed by atoms with E-state index in [1.165, 1.54) is 25.3 Å². The van der Waals surface area contributed by atoms with Crippen molar-refractivity contribution in [1.29, 1.82) is 0 Å². The molecule has 0 radical (unpaired) electrons. The first-order chi connectivity index (χ1) is 8.60. The Kier molecular flexibility index (Phi) is 3.42. The molecule has 0 aliphatic heterocycles. The summed E-state index contributed by atoms with van der Waals surface area (Å²) < 4.78 is 14.5. The summed E-state index contributed by atoms with van der Waals surface area (Å²) in [5.74, 6) is 0.306. The normalized spacial score (nSPS) is 10.1. The maximum absolute atomic E-state index is 10.9. The van der Waals surface area contributed by atoms with Crippen molar-refractivity contribution in [3.05, 3.63) is 29.6 Å². The number of nitrogens with zero attached hydrogens (tertiary/aromatic N) is 2. The smallest absolute Gasteiger partial charge is 0.335 e. The van der Waals surface area contributed by atoms with Crippen molar-refractivity contribution in [1.82, 2.24) is 9.36 Å². The highest BCUT2D eigenvalue weighted by atomic mass is 32.1. The number of benzene rings is 1. The predicted octanol–water partition coefficient (Wildman–Crippen LogP) is 2.35. The Balaban J connectivity index is 2.35. The second-order valence-corrected chi connectivity index (χ2v) is 4.09. The SMILES string of the molecule is COc1ccc(C(=O)O)cc1Oc1nc(C)ns1. The standard InChI is InChI=1S/C11H10N2O4S/c1-6-12-11(18-13-6)17-9-5-7(10(14)15)3-4-8(9)16-2/h3-5H,1-2H3,(H,14,15). The summed E-state index contributed by atoms with van der Waals surface area (Å²) in [7, 11) is 1.48. The lowest BCUT2D eigenvalue weighted by Gasteiger charge is -2.08. The Labute approximate surface area is 107 Å². The fraction of sp³-hybridized carbons (Fsp3) is 0.182. The number of aryl methyl sites for hydroxylation is 1. The molecule has 0 aliphatic carbocycles. The summed E-state index contributed by atoms with van der Waals surface area (Å²) in [4.78, 5) is 14.9. The Hall–Kier alpha value is -2.15. The molecule has 2 aromatic rings. The lowest BCUT2D eigenvalue weighted by Crippen LogP contribution is -1.98. The first kappa shape index (κ1) is 12.3. The van der Waals surface area contributed by atoms with Crippen LogP contribution in [0.2, 0.25) is 0 Å². The predicted molar refractivity (Wildman–Crippen MR) is 64.7 cm³/mol. The number of hydrogen-bond acceptors (Lipinski definition) is 6. The summed E-state index contributed by atoms with van der Waals surface area (Å²) in [6.45, 7) is 1.74. The van der Waals surface area contributed by atoms with Crippen molar-refractivity contribution in [2.75, 3.05) is 7.11 Å². The van der Waals surface area contributed by atoms with Gasteiger partial charge in [0.2, 0.25) is 0 Å². The van der Waals surface area contributed by atoms with E-state index in [0.717, 1.165) is 11.5 Å². The minimum Gasteiger partial charge on any atom is -0.493 e. The van der Waals surface area contributed by atoms with Crippen LogP contribution in [-0.2, 0) is 0 Å². The zero-order valence-corrected chi connectivity index (χ0v) is 10.5. The highest BCUT2D eigenvalue weighted by Crippen LogP contribution is 2.33. The van der Waals surface area contributed by atoms with Crippen LogP contribution in [0.25, 0.3) is 0 Å². The molecule has 1 N–H and O–H groups in total. The van der Waals surface area contributed by atoms with Gasteiger partial charge in [-0.2, -0.15) is 9.36 Å². The van der Waals surface area contributed by atoms with Gasteiger partial charge in [-0.05, 0) is 25.1 Å². The van der Waals surface area contributed by atoms with Crippen LogP contribution in [0, 0.1) is 6.92 Å². The van der Waals surface area contributed by atoms with Gasteiger partial charge in [-0.3, -0.25) is 0 Å². The van der Waals surface area contributed by atoms with Crippen LogP contribution in [0.4, 0.5) is 0 Å². The Bertz CT molecular complexity index is 582. The minimum absolute atomic E-state index is 0.118. The maximum atomic E-state index is 10.9. The van der Waals surface area contributed by atoms with Crippen molar-refractivity contribution < 1.29 is 19.4 Å². The fourth-order valence-corrected chi connectivity index (χ4v) is 1.85. The molecule has 0 saturated heterocycles. The maximum Gasteiger partial charge on any atom is 0.335 e. The van der Waals surface area contributed by atoms with E-state index >= 15 is 0 Å². The van der Waals surface area contributed by atoms with Crippen LogP contribution in [-0.4, -0.2) is 27.5 Å². The quantitative estimate of drug-likeness (QED) is 0.914. The van der Waals surface area contributed by atoms with E-state index in [0.29, 0.717) is 22.5 Å². The Morgan fingerprint density at radius 2 is 2.17 bits per heavy atom. The van der Waals surface area contributed by atoms with E-state index in [2.05, 4.69) is 9.36 Å². The summed E-state index contributed by atoms with van der Waals surface area (Å²) in [6.07, 6.45) is 0. The van der Waals surface area contributed by atoms with Crippen LogP contribution in [0.1, 0.15) is 16.2 Å². The molecule has 7 heteroatoms. The third-order valence-electron chi connectivity index (χ3n) is 2.12. The molecule has 0 spiro atoms. The first-order valence-electron chi connectivity index (χ1n) is 4.99. The number of carboxylic acids is 1. The van der Waals surface area contributed by atoms with Gasteiger partial charge in [-0.1, -0.05) is 0 Å². The third kappa shape index (κ3) is 2.57. The van der Waals surface area contributed by atoms with E-state index < -0.39 is 5.97 Å². The molecule has 0 fully saturated rings. The van der Waals surface area contributed by atoms with Crippen LogP contribution < -0.4 is 9.47 Å². The number of aromatic nitrogens is 2. The molecule has 1 aromatic carbocycles. The molecule has 1 aromatic heterocycles. The average Bonchev–Trinajstić information content (AvgIpc) is 2.74. The molecule has 0 atom stereocenters. The highest BCUT2D eigenvalue weighted by molar-refractivity contribution is 7.07. The van der Waals surface area contributed by atoms with Crippen molar-refractivity contribution in [2.45, 2.75) is 6.92 Å². The van der Waals surface area contributed by atoms with E-state index in [4.69, 9.17) is 14.6 Å². The fourth-order valence-electron chi connectivity index (χ4n) is 1.30. The van der Waals surface area contributed by atoms with E-state index in [-0.39, 0.29) is 5.56 Å². The summed E-state index contributed by atoms with van der Waals surface area (Å²) in [5.41, 5.74) is 0.118. The molecule has 0 saturated carbocycles. The molecule has 0 bridgehead atoms. The summed E-state index contributed by atoms with van der Waals surface area (Å²) >= 11 is 1.09. The van der Waals surface area contributed by atoms with Gasteiger partial charge < -0.3 is 14.6 Å². The number of hydrogen-bond donors (Lipinski definition) is 1. The van der Waals surface area contributed by atoms with Crippen molar-refractivity contribution in [2.24, 2.45) is 0 Å². The molecular formula is C11H10N2O4S. The number of carboxylic acid groups (broad SMARTS) is 1. The third-order valence-corrected chi connectivity index (χ3v) is 2.80. The van der Waals surface area contributed by atoms with Gasteiger partial charge in [0.25, 0.3) is 5.19 Å². The summed E-state index contributed by atoms with van der Waals surface area (Å²) in [5, 5.41) is 9.26. The molecule has 0 amide bonds. The average molecular weight is 266 g/mol. The van der Waals surface area contributed by atoms with Crippen molar-refractivity contribution >= 4 is 17.5 Å². The monoisotopic (exact) mass is 266 g/mol. The van der Waals surface area contributed by atoms with Crippen molar-refractivity contribution in [3.8, 4) is 16.7 Å². The molecule has 1 heterocycles. The van der Waals surface area contributed by atoms with Gasteiger partial charge >= 0.3 is 5.97 Å². The number of ether oxygens (including phenoxy) is 2. The Morgan fingerprint density at radius 3 is 2.72 bits per heavy atom. The lowest BCUT2D eigenvalue weighted by molar-refractivity contribution is 0.0696. The molecule has 0 aliphatic rings. The number of methoxy groups -OCH3 is 1. The molecule has 2 rings (SSSR count). The van der Waals surface area contributed by atoms with Gasteiger partial charge in [-0.25, -0.2) is 4.79 Å². The lowest BCUT2D eigenvalue weighted by atomic mass is 10.2. The molecule has 18 heavy (non-hydrogen) atoms. The Morgan fingerprint density at radius 1 is 1.39 bits per heavy atom. The topological polar surface area (TPSA) is 81.5 Å². The van der Waals surface area contributed by atoms with E-state index in [1.54, 1.807) is 6.92 Å². The molecule has 94 valence electrons. The largest absolute Gasteiger partial charge is 0.493 e. The second kappa shape index (κ2) is 5.01. The molecule has 0 unspecified atom stereocenters. The zero-order chi connectivity index (χ0) is 13.1. The van der Waals surface area contributed by atoms with Gasteiger partial charge in [0.15, 0.2) is 11.5 Å². The second-order valence-electron chi connectivity index (χ2n) is 3.38. The van der Waals surface area contributed by atoms with Gasteiger partial charge in [-0.15, -0.1) is 0 Å². The van der Waals surface area contributed by atoms with Gasteiger partial charge in [0.1, 0.15) is 5.82 Å². The van der Waals surface area contributed by atoms with E-state index in [9.17, 15) is 4.79 Å². The number of carbonyl (C=O) groups is 1. The number of rotatable bonds is 4. The van der Waals surface area contributed by atoms with Crippen LogP contribution >= 0.6 is 11.5 Å². The van der Waals surface area contributed by atoms with Crippen molar-refractivity contribution in [3.63, 3.8) is 0 Å². The van der Waals surface area contributed by atoms with Crippen LogP contribution in [0.5, 0.6) is 16.7 Å². The highest BCUT2D eigenvalue weighted by Gasteiger charge is 2.12. The summed E-state index contributed by atoms with van der Waals surface area (Å²) in [6, 6.07) is 4.37.